The Kier molecular flexibility index (Phi) is 6.44. The Morgan fingerprint density at radius 1 is 1.06 bits per heavy atom. The zero-order valence-electron chi connectivity index (χ0n) is 19.4. The number of carbonyl (C=O) groups excluding carboxylic acids is 1. The zero-order chi connectivity index (χ0) is 26.7. The molecule has 2 aliphatic heterocycles. The summed E-state index contributed by atoms with van der Waals surface area (Å²) < 4.78 is 76.8. The number of likely N-dealkylation sites (tertiary alicyclic amines) is 1. The largest absolute Gasteiger partial charge is 0.444 e. The van der Waals surface area contributed by atoms with E-state index in [4.69, 9.17) is 32.8 Å². The highest BCUT2D eigenvalue weighted by Gasteiger charge is 2.62. The van der Waals surface area contributed by atoms with Crippen molar-refractivity contribution in [1.82, 2.24) is 4.90 Å². The highest BCUT2D eigenvalue weighted by atomic mass is 35.5. The number of amides is 1. The average Bonchev–Trinajstić information content (AvgIpc) is 3.21. The SMILES string of the molecule is CC(C)(C)OC(=O)N1CC(F)(c2ccc(C3=NOC(c4cc(Cl)c(F)c(Cl)c4)(C(F)(F)F)C3)cc2)C1. The second-order valence-corrected chi connectivity index (χ2v) is 10.6. The van der Waals surface area contributed by atoms with Crippen molar-refractivity contribution in [3.63, 3.8) is 0 Å². The van der Waals surface area contributed by atoms with E-state index in [1.54, 1.807) is 20.8 Å². The summed E-state index contributed by atoms with van der Waals surface area (Å²) in [5, 5.41) is 2.46. The number of halogens is 7. The Morgan fingerprint density at radius 3 is 2.11 bits per heavy atom. The summed E-state index contributed by atoms with van der Waals surface area (Å²) in [5.41, 5.74) is -5.48. The lowest BCUT2D eigenvalue weighted by atomic mass is 9.85. The number of hydrogen-bond acceptors (Lipinski definition) is 4. The van der Waals surface area contributed by atoms with Gasteiger partial charge in [-0.05, 0) is 44.0 Å². The molecule has 0 bridgehead atoms. The number of alkyl halides is 4. The molecule has 0 N–H and O–H groups in total. The molecule has 5 nitrogen and oxygen atoms in total. The first-order valence-corrected chi connectivity index (χ1v) is 11.5. The lowest BCUT2D eigenvalue weighted by molar-refractivity contribution is -0.275. The number of benzene rings is 2. The van der Waals surface area contributed by atoms with Crippen LogP contribution in [-0.4, -0.2) is 41.6 Å². The Labute approximate surface area is 213 Å². The molecule has 4 rings (SSSR count). The Hall–Kier alpha value is -2.59. The summed E-state index contributed by atoms with van der Waals surface area (Å²) in [7, 11) is 0. The Bertz CT molecular complexity index is 1200. The van der Waals surface area contributed by atoms with Crippen LogP contribution in [0, 0.1) is 5.82 Å². The molecule has 1 amide bonds. The van der Waals surface area contributed by atoms with Crippen LogP contribution >= 0.6 is 23.2 Å². The van der Waals surface area contributed by atoms with Gasteiger partial charge in [-0.1, -0.05) is 52.6 Å². The molecular weight excluding hydrogens is 530 g/mol. The Morgan fingerprint density at radius 2 is 1.61 bits per heavy atom. The van der Waals surface area contributed by atoms with E-state index in [0.717, 1.165) is 12.1 Å². The second-order valence-electron chi connectivity index (χ2n) is 9.76. The molecule has 12 heteroatoms. The molecule has 2 heterocycles. The van der Waals surface area contributed by atoms with Crippen molar-refractivity contribution in [1.29, 1.82) is 0 Å². The summed E-state index contributed by atoms with van der Waals surface area (Å²) in [4.78, 5) is 18.2. The minimum absolute atomic E-state index is 0.0488. The van der Waals surface area contributed by atoms with Crippen molar-refractivity contribution in [3.8, 4) is 0 Å². The van der Waals surface area contributed by atoms with Crippen LogP contribution < -0.4 is 0 Å². The first-order valence-electron chi connectivity index (χ1n) is 10.8. The fraction of sp³-hybridized carbons (Fsp3) is 0.417. The van der Waals surface area contributed by atoms with Crippen molar-refractivity contribution in [3.05, 3.63) is 69.0 Å². The zero-order valence-corrected chi connectivity index (χ0v) is 20.9. The van der Waals surface area contributed by atoms with Gasteiger partial charge in [-0.2, -0.15) is 13.2 Å². The van der Waals surface area contributed by atoms with E-state index in [9.17, 15) is 22.4 Å². The molecule has 0 aromatic heterocycles. The fourth-order valence-electron chi connectivity index (χ4n) is 4.01. The van der Waals surface area contributed by atoms with Crippen LogP contribution in [-0.2, 0) is 20.8 Å². The number of ether oxygens (including phenoxy) is 1. The van der Waals surface area contributed by atoms with Gasteiger partial charge in [-0.3, -0.25) is 0 Å². The van der Waals surface area contributed by atoms with Crippen LogP contribution in [0.1, 0.15) is 43.9 Å². The number of hydrogen-bond donors (Lipinski definition) is 0. The van der Waals surface area contributed by atoms with E-state index in [1.165, 1.54) is 29.2 Å². The van der Waals surface area contributed by atoms with Crippen LogP contribution in [0.5, 0.6) is 0 Å². The van der Waals surface area contributed by atoms with Gasteiger partial charge >= 0.3 is 12.3 Å². The van der Waals surface area contributed by atoms with Crippen molar-refractivity contribution < 1.29 is 36.3 Å². The first-order chi connectivity index (χ1) is 16.5. The van der Waals surface area contributed by atoms with Crippen molar-refractivity contribution in [2.45, 2.75) is 50.2 Å². The third-order valence-corrected chi connectivity index (χ3v) is 6.46. The normalized spacial score (nSPS) is 21.5. The standard InChI is InChI=1S/C24H21Cl2F5N2O3/c1-21(2,3)35-20(34)33-11-22(28,12-33)14-6-4-13(5-7-14)18-10-23(36-32-18,24(29,30)31)15-8-16(25)19(27)17(26)9-15/h4-9H,10-12H2,1-3H3. The number of oxime groups is 1. The van der Waals surface area contributed by atoms with Gasteiger partial charge in [0, 0.05) is 12.0 Å². The summed E-state index contributed by atoms with van der Waals surface area (Å²) in [6.45, 7) is 4.68. The minimum Gasteiger partial charge on any atom is -0.444 e. The van der Waals surface area contributed by atoms with Gasteiger partial charge in [0.25, 0.3) is 5.60 Å². The van der Waals surface area contributed by atoms with E-state index in [2.05, 4.69) is 5.16 Å². The van der Waals surface area contributed by atoms with Crippen molar-refractivity contribution in [2.75, 3.05) is 13.1 Å². The van der Waals surface area contributed by atoms with E-state index in [0.29, 0.717) is 0 Å². The van der Waals surface area contributed by atoms with Gasteiger partial charge in [-0.15, -0.1) is 0 Å². The van der Waals surface area contributed by atoms with E-state index in [1.807, 2.05) is 0 Å². The molecule has 2 aliphatic rings. The van der Waals surface area contributed by atoms with Crippen LogP contribution in [0.2, 0.25) is 10.0 Å². The predicted molar refractivity (Wildman–Crippen MR) is 123 cm³/mol. The average molecular weight is 551 g/mol. The molecule has 1 fully saturated rings. The van der Waals surface area contributed by atoms with Crippen molar-refractivity contribution >= 4 is 35.0 Å². The highest BCUT2D eigenvalue weighted by molar-refractivity contribution is 6.35. The third-order valence-electron chi connectivity index (χ3n) is 5.91. The molecule has 1 atom stereocenters. The number of nitrogens with zero attached hydrogens (tertiary/aromatic N) is 2. The smallest absolute Gasteiger partial charge is 0.435 e. The molecule has 0 radical (unpaired) electrons. The third kappa shape index (κ3) is 4.72. The van der Waals surface area contributed by atoms with Crippen molar-refractivity contribution in [2.24, 2.45) is 5.16 Å². The molecule has 2 aromatic carbocycles. The van der Waals surface area contributed by atoms with Gasteiger partial charge in [0.15, 0.2) is 11.5 Å². The molecule has 0 aliphatic carbocycles. The lowest BCUT2D eigenvalue weighted by Gasteiger charge is -2.44. The highest BCUT2D eigenvalue weighted by Crippen LogP contribution is 2.50. The van der Waals surface area contributed by atoms with Gasteiger partial charge < -0.3 is 14.5 Å². The topological polar surface area (TPSA) is 51.1 Å². The lowest BCUT2D eigenvalue weighted by Crippen LogP contribution is -2.59. The number of rotatable bonds is 3. The molecule has 1 unspecified atom stereocenters. The quantitative estimate of drug-likeness (QED) is 0.301. The van der Waals surface area contributed by atoms with Gasteiger partial charge in [0.1, 0.15) is 5.60 Å². The van der Waals surface area contributed by atoms with Crippen LogP contribution in [0.15, 0.2) is 41.6 Å². The van der Waals surface area contributed by atoms with Gasteiger partial charge in [0.05, 0.1) is 28.8 Å². The summed E-state index contributed by atoms with van der Waals surface area (Å²) >= 11 is 11.4. The fourth-order valence-corrected chi connectivity index (χ4v) is 4.49. The van der Waals surface area contributed by atoms with E-state index < -0.39 is 57.0 Å². The molecular formula is C24H21Cl2F5N2O3. The predicted octanol–water partition coefficient (Wildman–Crippen LogP) is 7.13. The van der Waals surface area contributed by atoms with Gasteiger partial charge in [0.2, 0.25) is 0 Å². The molecule has 0 saturated carbocycles. The monoisotopic (exact) mass is 550 g/mol. The van der Waals surface area contributed by atoms with Crippen LogP contribution in [0.3, 0.4) is 0 Å². The minimum atomic E-state index is -4.94. The first kappa shape index (κ1) is 26.5. The molecule has 36 heavy (non-hydrogen) atoms. The molecule has 194 valence electrons. The molecule has 1 saturated heterocycles. The summed E-state index contributed by atoms with van der Waals surface area (Å²) in [5.74, 6) is -1.05. The van der Waals surface area contributed by atoms with E-state index >= 15 is 4.39 Å². The number of carbonyl (C=O) groups is 1. The van der Waals surface area contributed by atoms with E-state index in [-0.39, 0.29) is 29.9 Å². The van der Waals surface area contributed by atoms with Crippen LogP contribution in [0.25, 0.3) is 0 Å². The second kappa shape index (κ2) is 8.76. The maximum absolute atomic E-state index is 15.3. The summed E-state index contributed by atoms with van der Waals surface area (Å²) in [6.07, 6.45) is -6.31. The maximum Gasteiger partial charge on any atom is 0.435 e. The van der Waals surface area contributed by atoms with Gasteiger partial charge in [-0.25, -0.2) is 13.6 Å². The Balaban J connectivity index is 1.52. The molecule has 2 aromatic rings. The summed E-state index contributed by atoms with van der Waals surface area (Å²) in [6, 6.07) is 7.29. The maximum atomic E-state index is 15.3. The molecule has 0 spiro atoms. The van der Waals surface area contributed by atoms with Crippen LogP contribution in [0.4, 0.5) is 26.7 Å².